The third-order valence-corrected chi connectivity index (χ3v) is 7.56. The Labute approximate surface area is 178 Å². The minimum absolute atomic E-state index is 0.0517. The van der Waals surface area contributed by atoms with E-state index < -0.39 is 44.2 Å². The van der Waals surface area contributed by atoms with Crippen LogP contribution in [0.3, 0.4) is 0 Å². The molecule has 0 spiro atoms. The fourth-order valence-corrected chi connectivity index (χ4v) is 6.14. The Hall–Kier alpha value is -2.45. The Bertz CT molecular complexity index is 1030. The van der Waals surface area contributed by atoms with E-state index in [9.17, 15) is 22.4 Å². The maximum absolute atomic E-state index is 13.5. The summed E-state index contributed by atoms with van der Waals surface area (Å²) in [6, 6.07) is 10.4. The van der Waals surface area contributed by atoms with Gasteiger partial charge >= 0.3 is 11.9 Å². The van der Waals surface area contributed by atoms with Gasteiger partial charge in [0.2, 0.25) is 0 Å². The summed E-state index contributed by atoms with van der Waals surface area (Å²) < 4.78 is 50.5. The highest BCUT2D eigenvalue weighted by Crippen LogP contribution is 2.65. The van der Waals surface area contributed by atoms with Gasteiger partial charge in [0.15, 0.2) is 15.3 Å². The van der Waals surface area contributed by atoms with Gasteiger partial charge in [0.25, 0.3) is 0 Å². The standard InChI is InChI=1S/C21H20ClFO6S/c1-3-28-19(24)21(20(25)29-4-2)17(13-5-9-15(23)10-6-13)18(21)30(26,27)16-11-7-14(22)8-12-16/h5-12,17-18H,3-4H2,1-2H3/t17-,18-/m1/s1. The second-order valence-corrected chi connectivity index (χ2v) is 9.26. The normalized spacial score (nSPS) is 19.7. The summed E-state index contributed by atoms with van der Waals surface area (Å²) in [6.07, 6.45) is 0. The van der Waals surface area contributed by atoms with Gasteiger partial charge in [-0.05, 0) is 55.8 Å². The Morgan fingerprint density at radius 1 is 0.967 bits per heavy atom. The van der Waals surface area contributed by atoms with Crippen LogP contribution in [-0.4, -0.2) is 38.8 Å². The molecule has 0 unspecified atom stereocenters. The van der Waals surface area contributed by atoms with Crippen molar-refractivity contribution in [1.82, 2.24) is 0 Å². The number of hydrogen-bond donors (Lipinski definition) is 0. The molecular formula is C21H20ClFO6S. The van der Waals surface area contributed by atoms with Gasteiger partial charge in [-0.2, -0.15) is 0 Å². The van der Waals surface area contributed by atoms with Crippen molar-refractivity contribution in [1.29, 1.82) is 0 Å². The van der Waals surface area contributed by atoms with Crippen LogP contribution in [0.5, 0.6) is 0 Å². The maximum Gasteiger partial charge on any atom is 0.325 e. The van der Waals surface area contributed by atoms with Crippen LogP contribution in [-0.2, 0) is 28.9 Å². The zero-order chi connectivity index (χ0) is 22.1. The van der Waals surface area contributed by atoms with Crippen molar-refractivity contribution < 1.29 is 31.9 Å². The van der Waals surface area contributed by atoms with Crippen LogP contribution in [0, 0.1) is 11.2 Å². The number of halogens is 2. The monoisotopic (exact) mass is 454 g/mol. The first kappa shape index (κ1) is 22.2. The van der Waals surface area contributed by atoms with Gasteiger partial charge in [-0.3, -0.25) is 9.59 Å². The summed E-state index contributed by atoms with van der Waals surface area (Å²) >= 11 is 5.86. The number of sulfone groups is 1. The van der Waals surface area contributed by atoms with Crippen molar-refractivity contribution in [2.75, 3.05) is 13.2 Å². The van der Waals surface area contributed by atoms with Gasteiger partial charge in [0.1, 0.15) is 11.1 Å². The van der Waals surface area contributed by atoms with Crippen molar-refractivity contribution in [3.8, 4) is 0 Å². The molecule has 2 aromatic rings. The van der Waals surface area contributed by atoms with Crippen LogP contribution in [0.15, 0.2) is 53.4 Å². The van der Waals surface area contributed by atoms with Crippen LogP contribution in [0.2, 0.25) is 5.02 Å². The van der Waals surface area contributed by atoms with E-state index in [0.29, 0.717) is 10.6 Å². The van der Waals surface area contributed by atoms with Gasteiger partial charge in [-0.15, -0.1) is 0 Å². The summed E-state index contributed by atoms with van der Waals surface area (Å²) in [4.78, 5) is 25.8. The second-order valence-electron chi connectivity index (χ2n) is 6.76. The molecule has 30 heavy (non-hydrogen) atoms. The fraction of sp³-hybridized carbons (Fsp3) is 0.333. The lowest BCUT2D eigenvalue weighted by atomic mass is 9.99. The number of benzene rings is 2. The van der Waals surface area contributed by atoms with Gasteiger partial charge < -0.3 is 9.47 Å². The van der Waals surface area contributed by atoms with E-state index >= 15 is 0 Å². The number of rotatable bonds is 7. The smallest absolute Gasteiger partial charge is 0.325 e. The molecule has 0 heterocycles. The molecule has 0 amide bonds. The molecule has 160 valence electrons. The van der Waals surface area contributed by atoms with Crippen LogP contribution in [0.4, 0.5) is 4.39 Å². The predicted octanol–water partition coefficient (Wildman–Crippen LogP) is 3.53. The van der Waals surface area contributed by atoms with Gasteiger partial charge in [-0.1, -0.05) is 23.7 Å². The highest BCUT2D eigenvalue weighted by molar-refractivity contribution is 7.92. The first-order chi connectivity index (χ1) is 14.2. The fourth-order valence-electron chi connectivity index (χ4n) is 3.73. The first-order valence-corrected chi connectivity index (χ1v) is 11.2. The zero-order valence-electron chi connectivity index (χ0n) is 16.3. The molecule has 1 aliphatic rings. The summed E-state index contributed by atoms with van der Waals surface area (Å²) in [7, 11) is -4.18. The number of esters is 2. The van der Waals surface area contributed by atoms with E-state index in [0.717, 1.165) is 12.1 Å². The first-order valence-electron chi connectivity index (χ1n) is 9.30. The summed E-state index contributed by atoms with van der Waals surface area (Å²) in [5, 5.41) is -1.13. The van der Waals surface area contributed by atoms with Crippen molar-refractivity contribution in [3.63, 3.8) is 0 Å². The van der Waals surface area contributed by atoms with Crippen LogP contribution in [0.25, 0.3) is 0 Å². The molecule has 3 rings (SSSR count). The van der Waals surface area contributed by atoms with Crippen molar-refractivity contribution in [2.45, 2.75) is 29.9 Å². The second kappa shape index (κ2) is 8.35. The molecule has 0 radical (unpaired) electrons. The summed E-state index contributed by atoms with van der Waals surface area (Å²) in [5.41, 5.74) is -1.76. The molecule has 2 aromatic carbocycles. The Morgan fingerprint density at radius 2 is 1.47 bits per heavy atom. The van der Waals surface area contributed by atoms with Gasteiger partial charge in [0.05, 0.1) is 18.1 Å². The number of ether oxygens (including phenoxy) is 2. The maximum atomic E-state index is 13.5. The van der Waals surface area contributed by atoms with Crippen molar-refractivity contribution in [3.05, 3.63) is 64.9 Å². The molecule has 0 bridgehead atoms. The van der Waals surface area contributed by atoms with Gasteiger partial charge in [-0.25, -0.2) is 12.8 Å². The molecule has 6 nitrogen and oxygen atoms in total. The van der Waals surface area contributed by atoms with Crippen molar-refractivity contribution in [2.24, 2.45) is 5.41 Å². The molecule has 0 aromatic heterocycles. The SMILES string of the molecule is CCOC(=O)C1(C(=O)OCC)[C@H](c2ccc(F)cc2)[C@H]1S(=O)(=O)c1ccc(Cl)cc1. The number of carbonyl (C=O) groups is 2. The quantitative estimate of drug-likeness (QED) is 0.470. The Kier molecular flexibility index (Phi) is 6.19. The summed E-state index contributed by atoms with van der Waals surface area (Å²) in [5.74, 6) is -3.59. The lowest BCUT2D eigenvalue weighted by molar-refractivity contribution is -0.164. The van der Waals surface area contributed by atoms with E-state index in [-0.39, 0.29) is 18.1 Å². The number of carbonyl (C=O) groups excluding carboxylic acids is 2. The van der Waals surface area contributed by atoms with E-state index in [1.807, 2.05) is 0 Å². The molecule has 0 N–H and O–H groups in total. The molecule has 9 heteroatoms. The Morgan fingerprint density at radius 3 is 1.93 bits per heavy atom. The molecule has 0 saturated heterocycles. The van der Waals surface area contributed by atoms with Crippen LogP contribution < -0.4 is 0 Å². The molecular weight excluding hydrogens is 435 g/mol. The van der Waals surface area contributed by atoms with E-state index in [1.165, 1.54) is 36.4 Å². The molecule has 1 aliphatic carbocycles. The van der Waals surface area contributed by atoms with Gasteiger partial charge in [0, 0.05) is 10.9 Å². The number of hydrogen-bond acceptors (Lipinski definition) is 6. The molecule has 0 aliphatic heterocycles. The van der Waals surface area contributed by atoms with E-state index in [1.54, 1.807) is 13.8 Å². The average Bonchev–Trinajstić information content (AvgIpc) is 3.42. The van der Waals surface area contributed by atoms with E-state index in [4.69, 9.17) is 21.1 Å². The topological polar surface area (TPSA) is 86.7 Å². The van der Waals surface area contributed by atoms with E-state index in [2.05, 4.69) is 0 Å². The average molecular weight is 455 g/mol. The highest BCUT2D eigenvalue weighted by atomic mass is 35.5. The zero-order valence-corrected chi connectivity index (χ0v) is 17.9. The molecule has 1 fully saturated rings. The van der Waals surface area contributed by atoms with Crippen molar-refractivity contribution >= 4 is 33.4 Å². The lowest BCUT2D eigenvalue weighted by Gasteiger charge is -2.15. The highest BCUT2D eigenvalue weighted by Gasteiger charge is 2.81. The minimum Gasteiger partial charge on any atom is -0.465 e. The third kappa shape index (κ3) is 3.58. The summed E-state index contributed by atoms with van der Waals surface area (Å²) in [6.45, 7) is 3.00. The predicted molar refractivity (Wildman–Crippen MR) is 107 cm³/mol. The van der Waals surface area contributed by atoms with Crippen LogP contribution in [0.1, 0.15) is 25.3 Å². The van der Waals surface area contributed by atoms with Crippen LogP contribution >= 0.6 is 11.6 Å². The molecule has 1 saturated carbocycles. The largest absolute Gasteiger partial charge is 0.465 e. The third-order valence-electron chi connectivity index (χ3n) is 5.06. The molecule has 2 atom stereocenters. The Balaban J connectivity index is 2.19. The minimum atomic E-state index is -4.18. The lowest BCUT2D eigenvalue weighted by Crippen LogP contribution is -2.35.